The Kier molecular flexibility index (Phi) is 5.32. The number of sulfonamides is 1. The molecule has 11 heteroatoms. The quantitative estimate of drug-likeness (QED) is 0.596. The van der Waals surface area contributed by atoms with Gasteiger partial charge in [0, 0.05) is 43.7 Å². The Labute approximate surface area is 179 Å². The van der Waals surface area contributed by atoms with Crippen LogP contribution in [-0.4, -0.2) is 71.6 Å². The van der Waals surface area contributed by atoms with Gasteiger partial charge >= 0.3 is 0 Å². The highest BCUT2D eigenvalue weighted by Gasteiger charge is 2.65. The molecule has 1 aliphatic carbocycles. The third-order valence-corrected chi connectivity index (χ3v) is 8.35. The molecule has 164 valence electrons. The zero-order valence-electron chi connectivity index (χ0n) is 16.3. The molecule has 4 rings (SSSR count). The summed E-state index contributed by atoms with van der Waals surface area (Å²) >= 11 is 5.79. The maximum absolute atomic E-state index is 13.4. The first kappa shape index (κ1) is 21.5. The number of piperidine rings is 1. The number of aliphatic hydroxyl groups is 1. The summed E-state index contributed by atoms with van der Waals surface area (Å²) in [6, 6.07) is 3.68. The zero-order valence-corrected chi connectivity index (χ0v) is 17.9. The van der Waals surface area contributed by atoms with Crippen molar-refractivity contribution in [3.8, 4) is 0 Å². The molecule has 1 aromatic rings. The number of carbonyl (C=O) groups is 2. The van der Waals surface area contributed by atoms with E-state index in [9.17, 15) is 27.5 Å². The van der Waals surface area contributed by atoms with Crippen LogP contribution in [-0.2, 0) is 26.2 Å². The Balaban J connectivity index is 1.37. The van der Waals surface area contributed by atoms with Gasteiger partial charge in [-0.1, -0.05) is 11.6 Å². The van der Waals surface area contributed by atoms with E-state index in [1.165, 1.54) is 21.3 Å². The number of fused-ring (bicyclic) bond motifs is 1. The van der Waals surface area contributed by atoms with Gasteiger partial charge in [-0.2, -0.15) is 0 Å². The molecule has 8 nitrogen and oxygen atoms in total. The van der Waals surface area contributed by atoms with Crippen molar-refractivity contribution in [1.29, 1.82) is 0 Å². The Bertz CT molecular complexity index is 974. The molecule has 2 saturated heterocycles. The summed E-state index contributed by atoms with van der Waals surface area (Å²) in [6.45, 7) is 2.47. The predicted octanol–water partition coefficient (Wildman–Crippen LogP) is 0.339. The number of halogens is 2. The van der Waals surface area contributed by atoms with Gasteiger partial charge in [-0.05, 0) is 42.5 Å². The van der Waals surface area contributed by atoms with Gasteiger partial charge in [-0.25, -0.2) is 17.1 Å². The van der Waals surface area contributed by atoms with E-state index < -0.39 is 33.3 Å². The number of nitrogens with zero attached hydrogens (tertiary/aromatic N) is 2. The topological polar surface area (TPSA) is 107 Å². The van der Waals surface area contributed by atoms with Gasteiger partial charge in [0.15, 0.2) is 0 Å². The summed E-state index contributed by atoms with van der Waals surface area (Å²) in [5.74, 6) is -1.94. The van der Waals surface area contributed by atoms with E-state index in [0.717, 1.165) is 6.07 Å². The van der Waals surface area contributed by atoms with E-state index in [-0.39, 0.29) is 48.2 Å². The van der Waals surface area contributed by atoms with Crippen molar-refractivity contribution in [2.24, 2.45) is 11.8 Å². The highest BCUT2D eigenvalue weighted by molar-refractivity contribution is 7.89. The summed E-state index contributed by atoms with van der Waals surface area (Å²) in [5.41, 5.74) is -1.77. The minimum Gasteiger partial charge on any atom is -0.372 e. The highest BCUT2D eigenvalue weighted by atomic mass is 35.5. The molecule has 0 spiro atoms. The van der Waals surface area contributed by atoms with Crippen LogP contribution in [0.4, 0.5) is 4.39 Å². The van der Waals surface area contributed by atoms with Crippen LogP contribution < -0.4 is 5.32 Å². The normalized spacial score (nSPS) is 31.1. The fourth-order valence-electron chi connectivity index (χ4n) is 4.59. The summed E-state index contributed by atoms with van der Waals surface area (Å²) in [4.78, 5) is 26.9. The minimum absolute atomic E-state index is 0.0372. The highest BCUT2D eigenvalue weighted by Crippen LogP contribution is 2.51. The Morgan fingerprint density at radius 2 is 2.00 bits per heavy atom. The molecule has 2 unspecified atom stereocenters. The molecular weight excluding hydrogens is 437 g/mol. The number of nitrogens with one attached hydrogen (secondary N) is 1. The van der Waals surface area contributed by atoms with Crippen molar-refractivity contribution in [3.05, 3.63) is 34.6 Å². The zero-order chi connectivity index (χ0) is 21.8. The molecule has 3 fully saturated rings. The number of rotatable bonds is 6. The van der Waals surface area contributed by atoms with Crippen LogP contribution in [0.5, 0.6) is 0 Å². The summed E-state index contributed by atoms with van der Waals surface area (Å²) in [7, 11) is -3.26. The van der Waals surface area contributed by atoms with Gasteiger partial charge < -0.3 is 15.3 Å². The van der Waals surface area contributed by atoms with Crippen LogP contribution in [0.1, 0.15) is 18.9 Å². The van der Waals surface area contributed by atoms with Gasteiger partial charge in [0.25, 0.3) is 11.8 Å². The molecule has 2 heterocycles. The lowest BCUT2D eigenvalue weighted by molar-refractivity contribution is -0.154. The van der Waals surface area contributed by atoms with Crippen molar-refractivity contribution in [1.82, 2.24) is 14.5 Å². The SMILES string of the molecule is CCS(=O)(=O)N1C[C@@H]2C(N3CCC(O)(C(=O)NCc4cc(F)cc(Cl)c4)C3=O)[C@@H]2C1. The molecule has 2 amide bonds. The maximum Gasteiger partial charge on any atom is 0.264 e. The summed E-state index contributed by atoms with van der Waals surface area (Å²) in [6.07, 6.45) is -0.0471. The second-order valence-electron chi connectivity index (χ2n) is 8.11. The predicted molar refractivity (Wildman–Crippen MR) is 106 cm³/mol. The Morgan fingerprint density at radius 1 is 1.33 bits per heavy atom. The standard InChI is InChI=1S/C19H23ClFN3O5S/c1-2-30(28,29)23-9-14-15(10-23)16(14)24-4-3-19(27,18(24)26)17(25)22-8-11-5-12(20)7-13(21)6-11/h5-7,14-16,27H,2-4,8-10H2,1H3,(H,22,25)/t14-,15+,16?,19?. The van der Waals surface area contributed by atoms with Crippen LogP contribution in [0, 0.1) is 17.7 Å². The molecule has 0 aromatic heterocycles. The molecule has 4 atom stereocenters. The van der Waals surface area contributed by atoms with Crippen LogP contribution in [0.25, 0.3) is 0 Å². The molecule has 0 bridgehead atoms. The van der Waals surface area contributed by atoms with Gasteiger partial charge in [0.1, 0.15) is 5.82 Å². The third kappa shape index (κ3) is 3.59. The average Bonchev–Trinajstić information content (AvgIpc) is 3.01. The van der Waals surface area contributed by atoms with E-state index in [1.54, 1.807) is 6.92 Å². The second-order valence-corrected chi connectivity index (χ2v) is 10.8. The number of amides is 2. The molecule has 2 N–H and O–H groups in total. The maximum atomic E-state index is 13.4. The van der Waals surface area contributed by atoms with Gasteiger partial charge in [0.05, 0.1) is 5.75 Å². The number of benzene rings is 1. The van der Waals surface area contributed by atoms with Crippen LogP contribution in [0.15, 0.2) is 18.2 Å². The van der Waals surface area contributed by atoms with Gasteiger partial charge in [-0.3, -0.25) is 9.59 Å². The number of hydrogen-bond donors (Lipinski definition) is 2. The first-order chi connectivity index (χ1) is 14.1. The molecule has 30 heavy (non-hydrogen) atoms. The van der Waals surface area contributed by atoms with Crippen molar-refractivity contribution in [3.63, 3.8) is 0 Å². The van der Waals surface area contributed by atoms with Crippen LogP contribution in [0.2, 0.25) is 5.02 Å². The van der Waals surface area contributed by atoms with E-state index in [4.69, 9.17) is 11.6 Å². The molecular formula is C19H23ClFN3O5S. The number of hydrogen-bond acceptors (Lipinski definition) is 5. The first-order valence-electron chi connectivity index (χ1n) is 9.81. The number of likely N-dealkylation sites (tertiary alicyclic amines) is 1. The smallest absolute Gasteiger partial charge is 0.264 e. The van der Waals surface area contributed by atoms with Gasteiger partial charge in [0.2, 0.25) is 15.6 Å². The molecule has 2 aliphatic heterocycles. The monoisotopic (exact) mass is 459 g/mol. The van der Waals surface area contributed by atoms with Crippen LogP contribution in [0.3, 0.4) is 0 Å². The van der Waals surface area contributed by atoms with Crippen molar-refractivity contribution >= 4 is 33.4 Å². The van der Waals surface area contributed by atoms with E-state index in [1.807, 2.05) is 0 Å². The summed E-state index contributed by atoms with van der Waals surface area (Å²) < 4.78 is 38.9. The van der Waals surface area contributed by atoms with E-state index in [0.29, 0.717) is 18.7 Å². The lowest BCUT2D eigenvalue weighted by atomic mass is 10.0. The second kappa shape index (κ2) is 7.44. The molecule has 3 aliphatic rings. The fraction of sp³-hybridized carbons (Fsp3) is 0.579. The third-order valence-electron chi connectivity index (χ3n) is 6.31. The lowest BCUT2D eigenvalue weighted by Crippen LogP contribution is -2.53. The van der Waals surface area contributed by atoms with Gasteiger partial charge in [-0.15, -0.1) is 0 Å². The molecule has 0 radical (unpaired) electrons. The van der Waals surface area contributed by atoms with Crippen molar-refractivity contribution in [2.75, 3.05) is 25.4 Å². The molecule has 1 aromatic carbocycles. The fourth-order valence-corrected chi connectivity index (χ4v) is 6.00. The van der Waals surface area contributed by atoms with E-state index >= 15 is 0 Å². The summed E-state index contributed by atoms with van der Waals surface area (Å²) in [5, 5.41) is 13.4. The largest absolute Gasteiger partial charge is 0.372 e. The first-order valence-corrected chi connectivity index (χ1v) is 11.8. The van der Waals surface area contributed by atoms with Crippen molar-refractivity contribution in [2.45, 2.75) is 31.5 Å². The lowest BCUT2D eigenvalue weighted by Gasteiger charge is -2.25. The average molecular weight is 460 g/mol. The van der Waals surface area contributed by atoms with Crippen molar-refractivity contribution < 1.29 is 27.5 Å². The minimum atomic E-state index is -3.26. The van der Waals surface area contributed by atoms with E-state index in [2.05, 4.69) is 5.32 Å². The van der Waals surface area contributed by atoms with Crippen LogP contribution >= 0.6 is 11.6 Å². The Morgan fingerprint density at radius 3 is 2.60 bits per heavy atom. The molecule has 1 saturated carbocycles. The Hall–Kier alpha value is -1.75. The number of carbonyl (C=O) groups excluding carboxylic acids is 2.